The summed E-state index contributed by atoms with van der Waals surface area (Å²) in [6, 6.07) is 0. The summed E-state index contributed by atoms with van der Waals surface area (Å²) in [6.45, 7) is 15.1. The molecule has 0 aromatic heterocycles. The third-order valence-electron chi connectivity index (χ3n) is 5.19. The molecule has 0 amide bonds. The minimum atomic E-state index is -10.7. The second-order valence-corrected chi connectivity index (χ2v) is 10.3. The van der Waals surface area contributed by atoms with E-state index in [1.807, 2.05) is 0 Å². The number of rotatable bonds is 17. The van der Waals surface area contributed by atoms with Gasteiger partial charge in [0.15, 0.2) is 0 Å². The molecule has 0 aromatic carbocycles. The van der Waals surface area contributed by atoms with Gasteiger partial charge in [-0.15, -0.1) is 0 Å². The summed E-state index contributed by atoms with van der Waals surface area (Å²) in [5, 5.41) is 0. The quantitative estimate of drug-likeness (QED) is 0.0882. The van der Waals surface area contributed by atoms with Gasteiger partial charge in [-0.1, -0.05) is 79.1 Å². The van der Waals surface area contributed by atoms with Crippen molar-refractivity contribution in [3.63, 3.8) is 0 Å². The zero-order chi connectivity index (χ0) is 22.9. The molecule has 0 bridgehead atoms. The van der Waals surface area contributed by atoms with Crippen molar-refractivity contribution in [2.45, 2.75) is 111 Å². The molecule has 0 saturated heterocycles. The van der Waals surface area contributed by atoms with E-state index in [1.165, 1.54) is 114 Å². The van der Waals surface area contributed by atoms with Gasteiger partial charge in [-0.25, -0.2) is 0 Å². The van der Waals surface area contributed by atoms with Gasteiger partial charge in [0.2, 0.25) is 0 Å². The molecule has 182 valence electrons. The number of quaternary nitrogens is 1. The van der Waals surface area contributed by atoms with Crippen molar-refractivity contribution in [1.82, 2.24) is 0 Å². The molecule has 8 heteroatoms. The average Bonchev–Trinajstić information content (AvgIpc) is 2.59. The van der Waals surface area contributed by atoms with E-state index < -0.39 is 7.81 Å². The maximum atomic E-state index is 9.87. The summed E-state index contributed by atoms with van der Waals surface area (Å²) in [7, 11) is -10.7. The Hall–Kier alpha value is -0.0300. The predicted molar refractivity (Wildman–Crippen MR) is 116 cm³/mol. The number of unbranched alkanes of at least 4 members (excludes halogenated alkanes) is 9. The van der Waals surface area contributed by atoms with Crippen LogP contribution in [0.25, 0.3) is 0 Å². The van der Waals surface area contributed by atoms with Crippen molar-refractivity contribution in [3.8, 4) is 0 Å². The summed E-state index contributed by atoms with van der Waals surface area (Å²) >= 11 is 0. The standard InChI is InChI=1S/C21H46N.F6P/c1-5-9-13-14-15-16-17-21-22(18-10-6-2,19-11-7-3)20-12-8-4;1-7(2,3,4,5)6/h5-21H2,1-4H3;/q+1;-1. The minimum absolute atomic E-state index is 1.36. The Labute approximate surface area is 175 Å². The first-order valence-corrected chi connectivity index (χ1v) is 13.6. The molecule has 0 aliphatic rings. The van der Waals surface area contributed by atoms with E-state index in [2.05, 4.69) is 27.7 Å². The van der Waals surface area contributed by atoms with E-state index >= 15 is 0 Å². The van der Waals surface area contributed by atoms with Gasteiger partial charge in [0.1, 0.15) is 0 Å². The van der Waals surface area contributed by atoms with Crippen LogP contribution in [0, 0.1) is 0 Å². The van der Waals surface area contributed by atoms with Crippen molar-refractivity contribution in [3.05, 3.63) is 0 Å². The van der Waals surface area contributed by atoms with Crippen LogP contribution in [0.15, 0.2) is 0 Å². The van der Waals surface area contributed by atoms with Gasteiger partial charge < -0.3 is 4.48 Å². The molecule has 29 heavy (non-hydrogen) atoms. The molecule has 0 aliphatic carbocycles. The van der Waals surface area contributed by atoms with Crippen LogP contribution in [-0.4, -0.2) is 30.7 Å². The van der Waals surface area contributed by atoms with E-state index in [4.69, 9.17) is 0 Å². The molecular formula is C21H46F6NP. The summed E-state index contributed by atoms with van der Waals surface area (Å²) in [6.07, 6.45) is 18.4. The average molecular weight is 458 g/mol. The van der Waals surface area contributed by atoms with Crippen LogP contribution in [0.3, 0.4) is 0 Å². The predicted octanol–water partition coefficient (Wildman–Crippen LogP) is 10.3. The fraction of sp³-hybridized carbons (Fsp3) is 1.00. The van der Waals surface area contributed by atoms with Crippen molar-refractivity contribution in [2.24, 2.45) is 0 Å². The van der Waals surface area contributed by atoms with Gasteiger partial charge in [-0.05, 0) is 32.1 Å². The summed E-state index contributed by atoms with van der Waals surface area (Å²) in [4.78, 5) is 0. The molecule has 0 unspecified atom stereocenters. The van der Waals surface area contributed by atoms with E-state index in [9.17, 15) is 25.2 Å². The normalized spacial score (nSPS) is 14.7. The molecule has 0 aliphatic heterocycles. The molecule has 0 atom stereocenters. The third-order valence-corrected chi connectivity index (χ3v) is 5.19. The van der Waals surface area contributed by atoms with Crippen molar-refractivity contribution < 1.29 is 29.7 Å². The van der Waals surface area contributed by atoms with Gasteiger partial charge >= 0.3 is 33.0 Å². The van der Waals surface area contributed by atoms with E-state index in [-0.39, 0.29) is 0 Å². The molecule has 0 spiro atoms. The van der Waals surface area contributed by atoms with Crippen LogP contribution >= 0.6 is 7.81 Å². The molecule has 0 fully saturated rings. The van der Waals surface area contributed by atoms with Gasteiger partial charge in [-0.2, -0.15) is 0 Å². The van der Waals surface area contributed by atoms with Crippen LogP contribution in [0.2, 0.25) is 0 Å². The SMILES string of the molecule is CCCCCCCCC[N+](CCCC)(CCCC)CCCC.F[P-](F)(F)(F)(F)F. The Kier molecular flexibility index (Phi) is 15.2. The molecule has 0 rings (SSSR count). The Morgan fingerprint density at radius 3 is 0.966 bits per heavy atom. The van der Waals surface area contributed by atoms with Crippen LogP contribution in [-0.2, 0) is 0 Å². The van der Waals surface area contributed by atoms with Gasteiger partial charge in [0, 0.05) is 0 Å². The Morgan fingerprint density at radius 1 is 0.414 bits per heavy atom. The monoisotopic (exact) mass is 457 g/mol. The molecule has 0 saturated carbocycles. The fourth-order valence-electron chi connectivity index (χ4n) is 3.56. The van der Waals surface area contributed by atoms with E-state index in [0.717, 1.165) is 0 Å². The first kappa shape index (κ1) is 31.2. The number of hydrogen-bond donors (Lipinski definition) is 0. The van der Waals surface area contributed by atoms with Crippen LogP contribution in [0.4, 0.5) is 25.2 Å². The van der Waals surface area contributed by atoms with Crippen LogP contribution in [0.5, 0.6) is 0 Å². The van der Waals surface area contributed by atoms with Gasteiger partial charge in [0.25, 0.3) is 0 Å². The fourth-order valence-corrected chi connectivity index (χ4v) is 3.56. The topological polar surface area (TPSA) is 0 Å². The van der Waals surface area contributed by atoms with Crippen LogP contribution < -0.4 is 0 Å². The molecule has 0 aromatic rings. The van der Waals surface area contributed by atoms with E-state index in [0.29, 0.717) is 0 Å². The number of halogens is 6. The first-order chi connectivity index (χ1) is 13.2. The summed E-state index contributed by atoms with van der Waals surface area (Å²) < 4.78 is 60.6. The third kappa shape index (κ3) is 30.3. The Morgan fingerprint density at radius 2 is 0.655 bits per heavy atom. The zero-order valence-corrected chi connectivity index (χ0v) is 20.1. The van der Waals surface area contributed by atoms with Gasteiger partial charge in [0.05, 0.1) is 26.2 Å². The molecular weight excluding hydrogens is 411 g/mol. The van der Waals surface area contributed by atoms with Crippen molar-refractivity contribution in [1.29, 1.82) is 0 Å². The molecule has 0 N–H and O–H groups in total. The maximum absolute atomic E-state index is 10.7. The zero-order valence-electron chi connectivity index (χ0n) is 19.2. The molecule has 0 heterocycles. The molecule has 0 radical (unpaired) electrons. The summed E-state index contributed by atoms with van der Waals surface area (Å²) in [5.41, 5.74) is 0. The Bertz CT molecular complexity index is 350. The number of nitrogens with zero attached hydrogens (tertiary/aromatic N) is 1. The van der Waals surface area contributed by atoms with Gasteiger partial charge in [-0.3, -0.25) is 0 Å². The Balaban J connectivity index is 0. The van der Waals surface area contributed by atoms with Crippen LogP contribution in [0.1, 0.15) is 111 Å². The van der Waals surface area contributed by atoms with Crippen molar-refractivity contribution >= 4 is 7.81 Å². The van der Waals surface area contributed by atoms with Crippen molar-refractivity contribution in [2.75, 3.05) is 26.2 Å². The first-order valence-electron chi connectivity index (χ1n) is 11.6. The van der Waals surface area contributed by atoms with E-state index in [1.54, 1.807) is 0 Å². The summed E-state index contributed by atoms with van der Waals surface area (Å²) in [5.74, 6) is 0. The number of hydrogen-bond acceptors (Lipinski definition) is 0. The second kappa shape index (κ2) is 14.1. The second-order valence-electron chi connectivity index (χ2n) is 8.38. The molecule has 1 nitrogen and oxygen atoms in total.